The number of nitrogens with two attached hydrogens (primary N) is 1. The van der Waals surface area contributed by atoms with Crippen LogP contribution in [0.5, 0.6) is 0 Å². The highest BCUT2D eigenvalue weighted by atomic mass is 35.5. The molecule has 0 aromatic heterocycles. The zero-order valence-electron chi connectivity index (χ0n) is 11.9. The van der Waals surface area contributed by atoms with Crippen LogP contribution < -0.4 is 5.73 Å². The fraction of sp³-hybridized carbons (Fsp3) is 0. The predicted molar refractivity (Wildman–Crippen MR) is 96.3 cm³/mol. The topological polar surface area (TPSA) is 26.0 Å². The Kier molecular flexibility index (Phi) is 3.02. The van der Waals surface area contributed by atoms with Gasteiger partial charge in [0, 0.05) is 21.7 Å². The van der Waals surface area contributed by atoms with Crippen molar-refractivity contribution in [2.24, 2.45) is 0 Å². The third-order valence-electron chi connectivity index (χ3n) is 4.06. The molecule has 106 valence electrons. The molecule has 2 N–H and O–H groups in total. The van der Waals surface area contributed by atoms with Gasteiger partial charge in [-0.05, 0) is 39.9 Å². The number of rotatable bonds is 1. The molecule has 0 aliphatic heterocycles. The van der Waals surface area contributed by atoms with Crippen molar-refractivity contribution >= 4 is 38.8 Å². The smallest absolute Gasteiger partial charge is 0.0490 e. The van der Waals surface area contributed by atoms with Gasteiger partial charge in [0.1, 0.15) is 0 Å². The third-order valence-corrected chi connectivity index (χ3v) is 4.38. The van der Waals surface area contributed by atoms with Gasteiger partial charge >= 0.3 is 0 Å². The summed E-state index contributed by atoms with van der Waals surface area (Å²) in [6, 6.07) is 24.6. The predicted octanol–water partition coefficient (Wildman–Crippen LogP) is 5.90. The molecule has 0 heterocycles. The van der Waals surface area contributed by atoms with Crippen molar-refractivity contribution in [3.63, 3.8) is 0 Å². The summed E-state index contributed by atoms with van der Waals surface area (Å²) in [5.41, 5.74) is 9.19. The molecule has 0 saturated heterocycles. The first-order chi connectivity index (χ1) is 10.7. The van der Waals surface area contributed by atoms with Crippen LogP contribution in [0.3, 0.4) is 0 Å². The highest BCUT2D eigenvalue weighted by molar-refractivity contribution is 6.36. The van der Waals surface area contributed by atoms with Crippen molar-refractivity contribution in [1.82, 2.24) is 0 Å². The van der Waals surface area contributed by atoms with E-state index in [4.69, 9.17) is 17.3 Å². The van der Waals surface area contributed by atoms with Crippen LogP contribution >= 0.6 is 11.6 Å². The van der Waals surface area contributed by atoms with Crippen LogP contribution in [0, 0.1) is 0 Å². The van der Waals surface area contributed by atoms with Gasteiger partial charge in [-0.25, -0.2) is 0 Å². The second kappa shape index (κ2) is 5.04. The lowest BCUT2D eigenvalue weighted by atomic mass is 9.95. The molecule has 0 atom stereocenters. The van der Waals surface area contributed by atoms with E-state index >= 15 is 0 Å². The van der Waals surface area contributed by atoms with E-state index < -0.39 is 0 Å². The van der Waals surface area contributed by atoms with E-state index in [0.29, 0.717) is 0 Å². The van der Waals surface area contributed by atoms with Crippen LogP contribution in [0.1, 0.15) is 0 Å². The molecule has 0 amide bonds. The van der Waals surface area contributed by atoms with Gasteiger partial charge < -0.3 is 5.73 Å². The van der Waals surface area contributed by atoms with Crippen molar-refractivity contribution in [2.75, 3.05) is 5.73 Å². The van der Waals surface area contributed by atoms with Crippen LogP contribution in [0.2, 0.25) is 5.02 Å². The molecule has 2 heteroatoms. The molecule has 4 rings (SSSR count). The van der Waals surface area contributed by atoms with Crippen molar-refractivity contribution < 1.29 is 0 Å². The molecular formula is C20H14ClN. The van der Waals surface area contributed by atoms with Crippen molar-refractivity contribution in [3.05, 3.63) is 77.8 Å². The van der Waals surface area contributed by atoms with E-state index in [9.17, 15) is 0 Å². The molecule has 4 aromatic rings. The van der Waals surface area contributed by atoms with E-state index in [2.05, 4.69) is 36.4 Å². The largest absolute Gasteiger partial charge is 0.398 e. The normalized spacial score (nSPS) is 11.1. The number of benzene rings is 4. The van der Waals surface area contributed by atoms with Crippen LogP contribution in [-0.4, -0.2) is 0 Å². The second-order valence-corrected chi connectivity index (χ2v) is 5.84. The average Bonchev–Trinajstić information content (AvgIpc) is 2.54. The molecular weight excluding hydrogens is 290 g/mol. The molecule has 0 aliphatic carbocycles. The van der Waals surface area contributed by atoms with Crippen molar-refractivity contribution in [1.29, 1.82) is 0 Å². The Morgan fingerprint density at radius 3 is 2.05 bits per heavy atom. The molecule has 0 fully saturated rings. The van der Waals surface area contributed by atoms with E-state index in [-0.39, 0.29) is 0 Å². The number of nitrogen functional groups attached to an aromatic ring is 1. The summed E-state index contributed by atoms with van der Waals surface area (Å²) in [6.07, 6.45) is 0. The van der Waals surface area contributed by atoms with E-state index in [1.807, 2.05) is 36.4 Å². The fourth-order valence-corrected chi connectivity index (χ4v) is 3.29. The zero-order chi connectivity index (χ0) is 15.1. The first kappa shape index (κ1) is 13.2. The number of anilines is 1. The van der Waals surface area contributed by atoms with Crippen LogP contribution in [0.15, 0.2) is 72.8 Å². The molecule has 0 unspecified atom stereocenters. The Morgan fingerprint density at radius 1 is 0.636 bits per heavy atom. The van der Waals surface area contributed by atoms with Gasteiger partial charge in [0.15, 0.2) is 0 Å². The molecule has 0 aliphatic rings. The van der Waals surface area contributed by atoms with Crippen LogP contribution in [0.25, 0.3) is 32.7 Å². The minimum Gasteiger partial charge on any atom is -0.398 e. The van der Waals surface area contributed by atoms with Gasteiger partial charge in [0.2, 0.25) is 0 Å². The number of hydrogen-bond acceptors (Lipinski definition) is 1. The van der Waals surface area contributed by atoms with Crippen molar-refractivity contribution in [2.45, 2.75) is 0 Å². The van der Waals surface area contributed by atoms with Gasteiger partial charge in [-0.2, -0.15) is 0 Å². The molecule has 0 bridgehead atoms. The van der Waals surface area contributed by atoms with Gasteiger partial charge in [-0.1, -0.05) is 66.2 Å². The maximum Gasteiger partial charge on any atom is 0.0490 e. The quantitative estimate of drug-likeness (QED) is 0.436. The molecule has 0 saturated carbocycles. The van der Waals surface area contributed by atoms with Gasteiger partial charge in [-0.3, -0.25) is 0 Å². The van der Waals surface area contributed by atoms with Gasteiger partial charge in [-0.15, -0.1) is 0 Å². The minimum absolute atomic E-state index is 0.751. The Bertz CT molecular complexity index is 1000. The highest BCUT2D eigenvalue weighted by Gasteiger charge is 2.10. The standard InChI is InChI=1S/C20H14ClN/c21-18-10-4-8-13-7-3-9-16(20(13)18)17-11-14-5-1-2-6-15(14)12-19(17)22/h1-12H,22H2. The fourth-order valence-electron chi connectivity index (χ4n) is 3.01. The van der Waals surface area contributed by atoms with Crippen LogP contribution in [0.4, 0.5) is 5.69 Å². The summed E-state index contributed by atoms with van der Waals surface area (Å²) in [5.74, 6) is 0. The molecule has 0 radical (unpaired) electrons. The first-order valence-electron chi connectivity index (χ1n) is 7.20. The van der Waals surface area contributed by atoms with Gasteiger partial charge in [0.05, 0.1) is 0 Å². The van der Waals surface area contributed by atoms with Crippen molar-refractivity contribution in [3.8, 4) is 11.1 Å². The maximum atomic E-state index is 6.44. The summed E-state index contributed by atoms with van der Waals surface area (Å²) in [4.78, 5) is 0. The lowest BCUT2D eigenvalue weighted by molar-refractivity contribution is 1.66. The minimum atomic E-state index is 0.751. The molecule has 1 nitrogen and oxygen atoms in total. The lowest BCUT2D eigenvalue weighted by Gasteiger charge is -2.12. The first-order valence-corrected chi connectivity index (χ1v) is 7.58. The third kappa shape index (κ3) is 2.02. The summed E-state index contributed by atoms with van der Waals surface area (Å²) < 4.78 is 0. The van der Waals surface area contributed by atoms with E-state index in [1.165, 1.54) is 5.39 Å². The second-order valence-electron chi connectivity index (χ2n) is 5.43. The Morgan fingerprint density at radius 2 is 1.27 bits per heavy atom. The number of hydrogen-bond donors (Lipinski definition) is 1. The Balaban J connectivity index is 2.09. The van der Waals surface area contributed by atoms with Crippen LogP contribution in [-0.2, 0) is 0 Å². The molecule has 0 spiro atoms. The number of fused-ring (bicyclic) bond motifs is 2. The monoisotopic (exact) mass is 303 g/mol. The Labute approximate surface area is 133 Å². The summed E-state index contributed by atoms with van der Waals surface area (Å²) >= 11 is 6.44. The average molecular weight is 304 g/mol. The summed E-state index contributed by atoms with van der Waals surface area (Å²) in [6.45, 7) is 0. The van der Waals surface area contributed by atoms with E-state index in [0.717, 1.165) is 38.0 Å². The highest BCUT2D eigenvalue weighted by Crippen LogP contribution is 2.38. The van der Waals surface area contributed by atoms with Gasteiger partial charge in [0.25, 0.3) is 0 Å². The summed E-state index contributed by atoms with van der Waals surface area (Å²) in [7, 11) is 0. The maximum absolute atomic E-state index is 6.44. The van der Waals surface area contributed by atoms with E-state index in [1.54, 1.807) is 0 Å². The number of halogens is 1. The molecule has 4 aromatic carbocycles. The lowest BCUT2D eigenvalue weighted by Crippen LogP contribution is -1.92. The Hall–Kier alpha value is -2.51. The SMILES string of the molecule is Nc1cc2ccccc2cc1-c1cccc2cccc(Cl)c12. The molecule has 22 heavy (non-hydrogen) atoms. The summed E-state index contributed by atoms with van der Waals surface area (Å²) in [5, 5.41) is 5.25. The zero-order valence-corrected chi connectivity index (χ0v) is 12.6.